The number of likely N-dealkylation sites (tertiary alicyclic amines) is 1. The molecular weight excluding hydrogens is 200 g/mol. The standard InChI is InChI=1S/C12H22N4/c1-3-11-6-4-5-7-16(11)9-10-8-14-15(2)12(10)13/h8,11H,3-7,9,13H2,1-2H3. The van der Waals surface area contributed by atoms with E-state index in [4.69, 9.17) is 5.73 Å². The first kappa shape index (κ1) is 11.5. The Labute approximate surface area is 97.4 Å². The second-order valence-corrected chi connectivity index (χ2v) is 4.71. The maximum atomic E-state index is 5.98. The Hall–Kier alpha value is -1.03. The van der Waals surface area contributed by atoms with Crippen LogP contribution < -0.4 is 5.73 Å². The van der Waals surface area contributed by atoms with Crippen LogP contribution in [0.25, 0.3) is 0 Å². The van der Waals surface area contributed by atoms with E-state index in [9.17, 15) is 0 Å². The summed E-state index contributed by atoms with van der Waals surface area (Å²) in [7, 11) is 1.90. The van der Waals surface area contributed by atoms with Crippen LogP contribution in [-0.2, 0) is 13.6 Å². The number of hydrogen-bond acceptors (Lipinski definition) is 3. The quantitative estimate of drug-likeness (QED) is 0.848. The summed E-state index contributed by atoms with van der Waals surface area (Å²) in [5, 5.41) is 4.20. The Balaban J connectivity index is 2.05. The highest BCUT2D eigenvalue weighted by molar-refractivity contribution is 5.38. The molecule has 0 radical (unpaired) electrons. The molecule has 2 N–H and O–H groups in total. The summed E-state index contributed by atoms with van der Waals surface area (Å²) in [6.07, 6.45) is 7.15. The Morgan fingerprint density at radius 1 is 1.50 bits per heavy atom. The maximum Gasteiger partial charge on any atom is 0.125 e. The van der Waals surface area contributed by atoms with Gasteiger partial charge in [0, 0.05) is 25.2 Å². The maximum absolute atomic E-state index is 5.98. The third-order valence-corrected chi connectivity index (χ3v) is 3.66. The van der Waals surface area contributed by atoms with Crippen LogP contribution in [0.1, 0.15) is 38.2 Å². The molecule has 1 aromatic rings. The average Bonchev–Trinajstić information content (AvgIpc) is 2.62. The first-order chi connectivity index (χ1) is 7.72. The molecule has 1 aliphatic rings. The highest BCUT2D eigenvalue weighted by atomic mass is 15.3. The first-order valence-corrected chi connectivity index (χ1v) is 6.22. The van der Waals surface area contributed by atoms with E-state index >= 15 is 0 Å². The predicted molar refractivity (Wildman–Crippen MR) is 66.0 cm³/mol. The first-order valence-electron chi connectivity index (χ1n) is 6.22. The molecule has 1 saturated heterocycles. The Kier molecular flexibility index (Phi) is 3.49. The molecule has 1 fully saturated rings. The van der Waals surface area contributed by atoms with Crippen LogP contribution in [0.2, 0.25) is 0 Å². The molecular formula is C12H22N4. The van der Waals surface area contributed by atoms with Gasteiger partial charge < -0.3 is 5.73 Å². The van der Waals surface area contributed by atoms with Gasteiger partial charge in [-0.05, 0) is 25.8 Å². The summed E-state index contributed by atoms with van der Waals surface area (Å²) in [6.45, 7) is 4.43. The third-order valence-electron chi connectivity index (χ3n) is 3.66. The van der Waals surface area contributed by atoms with Gasteiger partial charge >= 0.3 is 0 Å². The summed E-state index contributed by atoms with van der Waals surface area (Å²) in [4.78, 5) is 2.55. The molecule has 1 atom stereocenters. The van der Waals surface area contributed by atoms with E-state index in [0.717, 1.165) is 18.4 Å². The molecule has 0 saturated carbocycles. The molecule has 0 amide bonds. The molecule has 0 bridgehead atoms. The minimum Gasteiger partial charge on any atom is -0.384 e. The van der Waals surface area contributed by atoms with Crippen molar-refractivity contribution in [3.63, 3.8) is 0 Å². The highest BCUT2D eigenvalue weighted by Gasteiger charge is 2.21. The summed E-state index contributed by atoms with van der Waals surface area (Å²) >= 11 is 0. The number of piperidine rings is 1. The minimum atomic E-state index is 0.730. The lowest BCUT2D eigenvalue weighted by Gasteiger charge is -2.35. The zero-order valence-corrected chi connectivity index (χ0v) is 10.3. The van der Waals surface area contributed by atoms with Crippen molar-refractivity contribution in [2.45, 2.75) is 45.2 Å². The van der Waals surface area contributed by atoms with Crippen molar-refractivity contribution in [1.82, 2.24) is 14.7 Å². The van der Waals surface area contributed by atoms with Crippen molar-refractivity contribution in [1.29, 1.82) is 0 Å². The molecule has 1 unspecified atom stereocenters. The molecule has 1 aliphatic heterocycles. The molecule has 2 heterocycles. The molecule has 1 aromatic heterocycles. The number of hydrogen-bond donors (Lipinski definition) is 1. The van der Waals surface area contributed by atoms with Gasteiger partial charge in [0.2, 0.25) is 0 Å². The van der Waals surface area contributed by atoms with Crippen LogP contribution in [0.5, 0.6) is 0 Å². The van der Waals surface area contributed by atoms with Crippen LogP contribution >= 0.6 is 0 Å². The van der Waals surface area contributed by atoms with E-state index in [2.05, 4.69) is 16.9 Å². The van der Waals surface area contributed by atoms with Crippen molar-refractivity contribution >= 4 is 5.82 Å². The smallest absolute Gasteiger partial charge is 0.125 e. The lowest BCUT2D eigenvalue weighted by Crippen LogP contribution is -2.38. The fourth-order valence-electron chi connectivity index (χ4n) is 2.56. The van der Waals surface area contributed by atoms with Crippen LogP contribution in [0.15, 0.2) is 6.20 Å². The van der Waals surface area contributed by atoms with E-state index in [0.29, 0.717) is 0 Å². The van der Waals surface area contributed by atoms with Gasteiger partial charge in [0.15, 0.2) is 0 Å². The molecule has 0 aromatic carbocycles. The zero-order chi connectivity index (χ0) is 11.5. The second kappa shape index (κ2) is 4.87. The SMILES string of the molecule is CCC1CCCCN1Cc1cnn(C)c1N. The average molecular weight is 222 g/mol. The van der Waals surface area contributed by atoms with Crippen molar-refractivity contribution in [2.75, 3.05) is 12.3 Å². The fraction of sp³-hybridized carbons (Fsp3) is 0.750. The van der Waals surface area contributed by atoms with Crippen LogP contribution in [0, 0.1) is 0 Å². The van der Waals surface area contributed by atoms with Gasteiger partial charge in [0.25, 0.3) is 0 Å². The lowest BCUT2D eigenvalue weighted by atomic mass is 9.99. The van der Waals surface area contributed by atoms with Crippen molar-refractivity contribution in [3.05, 3.63) is 11.8 Å². The molecule has 2 rings (SSSR count). The van der Waals surface area contributed by atoms with E-state index in [1.54, 1.807) is 4.68 Å². The number of nitrogen functional groups attached to an aromatic ring is 1. The Bertz CT molecular complexity index is 345. The van der Waals surface area contributed by atoms with Gasteiger partial charge in [0.05, 0.1) is 6.20 Å². The fourth-order valence-corrected chi connectivity index (χ4v) is 2.56. The highest BCUT2D eigenvalue weighted by Crippen LogP contribution is 2.23. The van der Waals surface area contributed by atoms with E-state index in [1.807, 2.05) is 13.2 Å². The number of nitrogens with zero attached hydrogens (tertiary/aromatic N) is 3. The van der Waals surface area contributed by atoms with E-state index < -0.39 is 0 Å². The van der Waals surface area contributed by atoms with Gasteiger partial charge in [-0.25, -0.2) is 0 Å². The number of rotatable bonds is 3. The van der Waals surface area contributed by atoms with Crippen LogP contribution in [0.3, 0.4) is 0 Å². The Morgan fingerprint density at radius 2 is 2.31 bits per heavy atom. The van der Waals surface area contributed by atoms with Gasteiger partial charge in [-0.15, -0.1) is 0 Å². The molecule has 16 heavy (non-hydrogen) atoms. The topological polar surface area (TPSA) is 47.1 Å². The number of aryl methyl sites for hydroxylation is 1. The predicted octanol–water partition coefficient (Wildman–Crippen LogP) is 1.77. The molecule has 0 aliphatic carbocycles. The van der Waals surface area contributed by atoms with E-state index in [-0.39, 0.29) is 0 Å². The number of anilines is 1. The van der Waals surface area contributed by atoms with E-state index in [1.165, 1.54) is 37.8 Å². The summed E-state index contributed by atoms with van der Waals surface area (Å²) < 4.78 is 1.75. The second-order valence-electron chi connectivity index (χ2n) is 4.71. The van der Waals surface area contributed by atoms with Gasteiger partial charge in [-0.2, -0.15) is 5.10 Å². The normalized spacial score (nSPS) is 22.5. The van der Waals surface area contributed by atoms with Crippen molar-refractivity contribution < 1.29 is 0 Å². The minimum absolute atomic E-state index is 0.730. The van der Waals surface area contributed by atoms with Crippen molar-refractivity contribution in [2.24, 2.45) is 7.05 Å². The van der Waals surface area contributed by atoms with Gasteiger partial charge in [-0.1, -0.05) is 13.3 Å². The van der Waals surface area contributed by atoms with Gasteiger partial charge in [-0.3, -0.25) is 9.58 Å². The molecule has 0 spiro atoms. The summed E-state index contributed by atoms with van der Waals surface area (Å²) in [5.74, 6) is 0.806. The van der Waals surface area contributed by atoms with Crippen LogP contribution in [-0.4, -0.2) is 27.3 Å². The zero-order valence-electron chi connectivity index (χ0n) is 10.3. The lowest BCUT2D eigenvalue weighted by molar-refractivity contribution is 0.136. The largest absolute Gasteiger partial charge is 0.384 e. The molecule has 4 nitrogen and oxygen atoms in total. The monoisotopic (exact) mass is 222 g/mol. The summed E-state index contributed by atoms with van der Waals surface area (Å²) in [5.41, 5.74) is 7.15. The molecule has 4 heteroatoms. The third kappa shape index (κ3) is 2.21. The number of aromatic nitrogens is 2. The van der Waals surface area contributed by atoms with Gasteiger partial charge in [0.1, 0.15) is 5.82 Å². The van der Waals surface area contributed by atoms with Crippen LogP contribution in [0.4, 0.5) is 5.82 Å². The summed E-state index contributed by atoms with van der Waals surface area (Å²) in [6, 6.07) is 0.730. The molecule has 90 valence electrons. The number of nitrogens with two attached hydrogens (primary N) is 1. The van der Waals surface area contributed by atoms with Crippen molar-refractivity contribution in [3.8, 4) is 0 Å². The Morgan fingerprint density at radius 3 is 2.94 bits per heavy atom.